The number of nitrogens with zero attached hydrogens (tertiary/aromatic N) is 1. The molecule has 0 saturated carbocycles. The van der Waals surface area contributed by atoms with Crippen molar-refractivity contribution >= 4 is 27.6 Å². The minimum Gasteiger partial charge on any atom is -0.478 e. The molecule has 0 atom stereocenters. The molecule has 0 aromatic carbocycles. The van der Waals surface area contributed by atoms with E-state index in [-0.39, 0.29) is 11.3 Å². The van der Waals surface area contributed by atoms with Crippen LogP contribution in [-0.2, 0) is 9.84 Å². The molecule has 0 aliphatic heterocycles. The third-order valence-corrected chi connectivity index (χ3v) is 3.91. The van der Waals surface area contributed by atoms with Crippen LogP contribution in [-0.4, -0.2) is 42.2 Å². The summed E-state index contributed by atoms with van der Waals surface area (Å²) in [6.45, 7) is 0. The highest BCUT2D eigenvalue weighted by Gasteiger charge is 2.11. The Labute approximate surface area is 97.8 Å². The number of thioether (sulfide) groups is 1. The molecule has 1 aromatic heterocycles. The normalized spacial score (nSPS) is 11.3. The predicted octanol–water partition coefficient (Wildman–Crippen LogP) is 0.917. The van der Waals surface area contributed by atoms with Crippen molar-refractivity contribution < 1.29 is 18.3 Å². The van der Waals surface area contributed by atoms with Crippen LogP contribution >= 0.6 is 11.8 Å². The van der Waals surface area contributed by atoms with Gasteiger partial charge in [-0.2, -0.15) is 0 Å². The summed E-state index contributed by atoms with van der Waals surface area (Å²) in [5.74, 6) is -0.751. The van der Waals surface area contributed by atoms with Gasteiger partial charge in [-0.3, -0.25) is 0 Å². The number of aromatic nitrogens is 1. The van der Waals surface area contributed by atoms with E-state index >= 15 is 0 Å². The topological polar surface area (TPSA) is 84.3 Å². The van der Waals surface area contributed by atoms with E-state index in [0.29, 0.717) is 10.8 Å². The summed E-state index contributed by atoms with van der Waals surface area (Å²) in [5.41, 5.74) is 0.0981. The largest absolute Gasteiger partial charge is 0.478 e. The summed E-state index contributed by atoms with van der Waals surface area (Å²) in [5, 5.41) is 9.20. The first kappa shape index (κ1) is 13.0. The Hall–Kier alpha value is -1.08. The fraction of sp³-hybridized carbons (Fsp3) is 0.333. The van der Waals surface area contributed by atoms with Gasteiger partial charge in [-0.05, 0) is 12.1 Å². The van der Waals surface area contributed by atoms with Crippen LogP contribution in [0.1, 0.15) is 10.4 Å². The molecule has 0 radical (unpaired) electrons. The van der Waals surface area contributed by atoms with E-state index in [0.717, 1.165) is 18.0 Å². The lowest BCUT2D eigenvalue weighted by Crippen LogP contribution is -2.06. The first-order chi connectivity index (χ1) is 7.40. The molecule has 1 aromatic rings. The number of carboxylic acid groups (broad SMARTS) is 1. The Morgan fingerprint density at radius 2 is 2.25 bits per heavy atom. The molecule has 1 N–H and O–H groups in total. The number of pyridine rings is 1. The van der Waals surface area contributed by atoms with E-state index < -0.39 is 15.8 Å². The van der Waals surface area contributed by atoms with Crippen LogP contribution in [0.15, 0.2) is 23.4 Å². The standard InChI is InChI=1S/C9H11NO4S2/c1-16(13,14)6-5-15-8-7(9(11)12)3-2-4-10-8/h2-4H,5-6H2,1H3,(H,11,12). The Kier molecular flexibility index (Phi) is 4.31. The fourth-order valence-corrected chi connectivity index (χ4v) is 3.14. The number of hydrogen-bond donors (Lipinski definition) is 1. The van der Waals surface area contributed by atoms with Crippen LogP contribution in [0.5, 0.6) is 0 Å². The third kappa shape index (κ3) is 4.19. The van der Waals surface area contributed by atoms with E-state index in [9.17, 15) is 13.2 Å². The van der Waals surface area contributed by atoms with Crippen molar-refractivity contribution in [1.29, 1.82) is 0 Å². The van der Waals surface area contributed by atoms with Crippen LogP contribution in [0.25, 0.3) is 0 Å². The molecule has 16 heavy (non-hydrogen) atoms. The lowest BCUT2D eigenvalue weighted by atomic mass is 10.3. The van der Waals surface area contributed by atoms with Crippen LogP contribution in [0.3, 0.4) is 0 Å². The summed E-state index contributed by atoms with van der Waals surface area (Å²) in [7, 11) is -3.02. The summed E-state index contributed by atoms with van der Waals surface area (Å²) in [6.07, 6.45) is 2.62. The van der Waals surface area contributed by atoms with E-state index in [1.165, 1.54) is 18.3 Å². The Morgan fingerprint density at radius 3 is 2.81 bits per heavy atom. The second-order valence-corrected chi connectivity index (χ2v) is 6.48. The molecule has 0 bridgehead atoms. The van der Waals surface area contributed by atoms with Gasteiger partial charge in [0.1, 0.15) is 14.9 Å². The molecule has 0 amide bonds. The van der Waals surface area contributed by atoms with Gasteiger partial charge in [0.15, 0.2) is 0 Å². The predicted molar refractivity (Wildman–Crippen MR) is 61.6 cm³/mol. The maximum absolute atomic E-state index is 10.9. The van der Waals surface area contributed by atoms with Gasteiger partial charge in [0, 0.05) is 18.2 Å². The second kappa shape index (κ2) is 5.31. The number of carboxylic acids is 1. The van der Waals surface area contributed by atoms with E-state index in [4.69, 9.17) is 5.11 Å². The van der Waals surface area contributed by atoms with Crippen LogP contribution in [0, 0.1) is 0 Å². The summed E-state index contributed by atoms with van der Waals surface area (Å²) in [6, 6.07) is 2.97. The average molecular weight is 261 g/mol. The van der Waals surface area contributed by atoms with Gasteiger partial charge < -0.3 is 5.11 Å². The molecular formula is C9H11NO4S2. The molecular weight excluding hydrogens is 250 g/mol. The van der Waals surface area contributed by atoms with Crippen LogP contribution in [0.2, 0.25) is 0 Å². The minimum absolute atomic E-state index is 0.00724. The van der Waals surface area contributed by atoms with E-state index in [1.807, 2.05) is 0 Å². The smallest absolute Gasteiger partial charge is 0.338 e. The number of aromatic carboxylic acids is 1. The zero-order valence-electron chi connectivity index (χ0n) is 8.58. The number of rotatable bonds is 5. The first-order valence-electron chi connectivity index (χ1n) is 4.39. The number of hydrogen-bond acceptors (Lipinski definition) is 5. The second-order valence-electron chi connectivity index (χ2n) is 3.14. The van der Waals surface area contributed by atoms with Crippen molar-refractivity contribution in [3.05, 3.63) is 23.9 Å². The quantitative estimate of drug-likeness (QED) is 0.793. The minimum atomic E-state index is -3.02. The monoisotopic (exact) mass is 261 g/mol. The Morgan fingerprint density at radius 1 is 1.56 bits per heavy atom. The van der Waals surface area contributed by atoms with Gasteiger partial charge in [-0.1, -0.05) is 0 Å². The van der Waals surface area contributed by atoms with Gasteiger partial charge in [-0.25, -0.2) is 18.2 Å². The molecule has 0 aliphatic rings. The molecule has 7 heteroatoms. The first-order valence-corrected chi connectivity index (χ1v) is 7.43. The zero-order chi connectivity index (χ0) is 12.2. The maximum Gasteiger partial charge on any atom is 0.338 e. The summed E-state index contributed by atoms with van der Waals surface area (Å²) < 4.78 is 21.8. The zero-order valence-corrected chi connectivity index (χ0v) is 10.2. The van der Waals surface area contributed by atoms with Crippen molar-refractivity contribution in [2.24, 2.45) is 0 Å². The lowest BCUT2D eigenvalue weighted by molar-refractivity contribution is 0.0692. The highest BCUT2D eigenvalue weighted by molar-refractivity contribution is 8.00. The summed E-state index contributed by atoms with van der Waals surface area (Å²) in [4.78, 5) is 14.7. The Balaban J connectivity index is 2.71. The van der Waals surface area contributed by atoms with Crippen molar-refractivity contribution in [1.82, 2.24) is 4.98 Å². The SMILES string of the molecule is CS(=O)(=O)CCSc1ncccc1C(=O)O. The Bertz CT molecular complexity index is 484. The number of sulfone groups is 1. The van der Waals surface area contributed by atoms with E-state index in [2.05, 4.69) is 4.98 Å². The van der Waals surface area contributed by atoms with Gasteiger partial charge in [0.2, 0.25) is 0 Å². The van der Waals surface area contributed by atoms with Crippen LogP contribution < -0.4 is 0 Å². The number of carbonyl (C=O) groups is 1. The third-order valence-electron chi connectivity index (χ3n) is 1.69. The highest BCUT2D eigenvalue weighted by atomic mass is 32.2. The van der Waals surface area contributed by atoms with Gasteiger partial charge in [0.25, 0.3) is 0 Å². The molecule has 0 fully saturated rings. The molecule has 0 spiro atoms. The molecule has 5 nitrogen and oxygen atoms in total. The van der Waals surface area contributed by atoms with Gasteiger partial charge in [0.05, 0.1) is 11.3 Å². The van der Waals surface area contributed by atoms with Crippen molar-refractivity contribution in [3.63, 3.8) is 0 Å². The molecule has 0 aliphatic carbocycles. The van der Waals surface area contributed by atoms with Gasteiger partial charge in [-0.15, -0.1) is 11.8 Å². The molecule has 0 saturated heterocycles. The van der Waals surface area contributed by atoms with Crippen LogP contribution in [0.4, 0.5) is 0 Å². The van der Waals surface area contributed by atoms with E-state index in [1.54, 1.807) is 0 Å². The fourth-order valence-electron chi connectivity index (χ4n) is 0.958. The van der Waals surface area contributed by atoms with Crippen molar-refractivity contribution in [2.45, 2.75) is 5.03 Å². The van der Waals surface area contributed by atoms with Crippen molar-refractivity contribution in [2.75, 3.05) is 17.8 Å². The van der Waals surface area contributed by atoms with Crippen molar-refractivity contribution in [3.8, 4) is 0 Å². The lowest BCUT2D eigenvalue weighted by Gasteiger charge is -2.03. The average Bonchev–Trinajstić information content (AvgIpc) is 2.16. The molecule has 0 unspecified atom stereocenters. The molecule has 1 rings (SSSR count). The maximum atomic E-state index is 10.9. The molecule has 1 heterocycles. The van der Waals surface area contributed by atoms with Gasteiger partial charge >= 0.3 is 5.97 Å². The molecule has 88 valence electrons. The highest BCUT2D eigenvalue weighted by Crippen LogP contribution is 2.19. The summed E-state index contributed by atoms with van der Waals surface area (Å²) >= 11 is 1.13.